The van der Waals surface area contributed by atoms with Crippen LogP contribution in [-0.4, -0.2) is 25.3 Å². The first-order chi connectivity index (χ1) is 7.13. The van der Waals surface area contributed by atoms with Crippen LogP contribution in [0.4, 0.5) is 0 Å². The predicted octanol–water partition coefficient (Wildman–Crippen LogP) is 2.13. The maximum atomic E-state index is 11.5. The number of ketones is 2. The van der Waals surface area contributed by atoms with Crippen molar-refractivity contribution < 1.29 is 14.3 Å². The molecular weight excluding hydrogens is 216 g/mol. The van der Waals surface area contributed by atoms with Gasteiger partial charge in [-0.15, -0.1) is 0 Å². The average molecular weight is 227 g/mol. The molecule has 0 aliphatic carbocycles. The highest BCUT2D eigenvalue weighted by Crippen LogP contribution is 2.11. The van der Waals surface area contributed by atoms with Gasteiger partial charge in [-0.05, 0) is 24.3 Å². The Kier molecular flexibility index (Phi) is 4.46. The first-order valence-electron chi connectivity index (χ1n) is 4.43. The molecule has 4 heteroatoms. The topological polar surface area (TPSA) is 43.4 Å². The zero-order chi connectivity index (χ0) is 11.3. The highest BCUT2D eigenvalue weighted by Gasteiger charge is 2.11. The van der Waals surface area contributed by atoms with Crippen LogP contribution in [0.1, 0.15) is 16.8 Å². The Hall–Kier alpha value is -1.19. The number of ether oxygens (including phenoxy) is 1. The number of halogens is 1. The van der Waals surface area contributed by atoms with E-state index in [-0.39, 0.29) is 24.6 Å². The number of carbonyl (C=O) groups is 2. The number of Topliss-reactive ketones (excluding diaryl/α,β-unsaturated/α-hetero) is 2. The van der Waals surface area contributed by atoms with E-state index in [1.54, 1.807) is 24.3 Å². The van der Waals surface area contributed by atoms with Crippen molar-refractivity contribution in [2.45, 2.75) is 6.42 Å². The zero-order valence-corrected chi connectivity index (χ0v) is 9.08. The summed E-state index contributed by atoms with van der Waals surface area (Å²) in [7, 11) is 1.42. The highest BCUT2D eigenvalue weighted by atomic mass is 35.5. The van der Waals surface area contributed by atoms with Gasteiger partial charge >= 0.3 is 0 Å². The van der Waals surface area contributed by atoms with Gasteiger partial charge in [0, 0.05) is 17.7 Å². The van der Waals surface area contributed by atoms with E-state index in [0.717, 1.165) is 0 Å². The normalized spacial score (nSPS) is 10.0. The van der Waals surface area contributed by atoms with Crippen LogP contribution in [-0.2, 0) is 9.53 Å². The molecule has 3 nitrogen and oxygen atoms in total. The largest absolute Gasteiger partial charge is 0.377 e. The quantitative estimate of drug-likeness (QED) is 0.571. The Morgan fingerprint density at radius 3 is 2.40 bits per heavy atom. The van der Waals surface area contributed by atoms with Crippen molar-refractivity contribution in [3.05, 3.63) is 34.9 Å². The van der Waals surface area contributed by atoms with E-state index in [1.165, 1.54) is 7.11 Å². The van der Waals surface area contributed by atoms with Crippen molar-refractivity contribution in [1.82, 2.24) is 0 Å². The molecule has 0 saturated heterocycles. The number of methoxy groups -OCH3 is 1. The van der Waals surface area contributed by atoms with Gasteiger partial charge in [-0.2, -0.15) is 0 Å². The molecule has 0 amide bonds. The summed E-state index contributed by atoms with van der Waals surface area (Å²) in [5.74, 6) is -0.439. The second-order valence-corrected chi connectivity index (χ2v) is 3.51. The number of rotatable bonds is 5. The molecule has 80 valence electrons. The molecule has 0 radical (unpaired) electrons. The van der Waals surface area contributed by atoms with Crippen LogP contribution < -0.4 is 0 Å². The van der Waals surface area contributed by atoms with Gasteiger partial charge in [-0.25, -0.2) is 0 Å². The molecule has 0 N–H and O–H groups in total. The summed E-state index contributed by atoms with van der Waals surface area (Å²) in [5.41, 5.74) is 0.490. The molecule has 0 aliphatic heterocycles. The van der Waals surface area contributed by atoms with Gasteiger partial charge < -0.3 is 4.74 Å². The van der Waals surface area contributed by atoms with Crippen molar-refractivity contribution in [3.63, 3.8) is 0 Å². The fourth-order valence-corrected chi connectivity index (χ4v) is 1.25. The molecule has 15 heavy (non-hydrogen) atoms. The van der Waals surface area contributed by atoms with Crippen molar-refractivity contribution in [1.29, 1.82) is 0 Å². The van der Waals surface area contributed by atoms with Gasteiger partial charge in [-0.3, -0.25) is 9.59 Å². The SMILES string of the molecule is COCC(=O)CC(=O)c1ccc(Cl)cc1. The van der Waals surface area contributed by atoms with Crippen LogP contribution in [0.25, 0.3) is 0 Å². The van der Waals surface area contributed by atoms with Crippen LogP contribution >= 0.6 is 11.6 Å². The summed E-state index contributed by atoms with van der Waals surface area (Å²) < 4.78 is 4.64. The van der Waals surface area contributed by atoms with Gasteiger partial charge in [0.2, 0.25) is 0 Å². The maximum absolute atomic E-state index is 11.5. The van der Waals surface area contributed by atoms with Crippen molar-refractivity contribution in [3.8, 4) is 0 Å². The lowest BCUT2D eigenvalue weighted by atomic mass is 10.1. The Balaban J connectivity index is 2.61. The molecule has 0 saturated carbocycles. The average Bonchev–Trinajstić information content (AvgIpc) is 2.18. The second kappa shape index (κ2) is 5.63. The van der Waals surface area contributed by atoms with Crippen LogP contribution in [0, 0.1) is 0 Å². The molecule has 1 aromatic rings. The predicted molar refractivity (Wildman–Crippen MR) is 57.3 cm³/mol. The minimum atomic E-state index is -0.225. The Bertz CT molecular complexity index is 357. The number of hydrogen-bond acceptors (Lipinski definition) is 3. The Morgan fingerprint density at radius 2 is 1.87 bits per heavy atom. The zero-order valence-electron chi connectivity index (χ0n) is 8.33. The van der Waals surface area contributed by atoms with Gasteiger partial charge in [0.1, 0.15) is 6.61 Å². The molecule has 0 bridgehead atoms. The van der Waals surface area contributed by atoms with Gasteiger partial charge in [-0.1, -0.05) is 11.6 Å². The monoisotopic (exact) mass is 226 g/mol. The molecule has 1 aromatic carbocycles. The highest BCUT2D eigenvalue weighted by molar-refractivity contribution is 6.30. The van der Waals surface area contributed by atoms with Gasteiger partial charge in [0.05, 0.1) is 6.42 Å². The second-order valence-electron chi connectivity index (χ2n) is 3.08. The van der Waals surface area contributed by atoms with Crippen molar-refractivity contribution >= 4 is 23.2 Å². The van der Waals surface area contributed by atoms with Crippen molar-refractivity contribution in [2.24, 2.45) is 0 Å². The van der Waals surface area contributed by atoms with Crippen LogP contribution in [0.2, 0.25) is 5.02 Å². The third-order valence-electron chi connectivity index (χ3n) is 1.83. The van der Waals surface area contributed by atoms with Crippen LogP contribution in [0.3, 0.4) is 0 Å². The van der Waals surface area contributed by atoms with Gasteiger partial charge in [0.25, 0.3) is 0 Å². The van der Waals surface area contributed by atoms with E-state index in [0.29, 0.717) is 10.6 Å². The van der Waals surface area contributed by atoms with Crippen molar-refractivity contribution in [2.75, 3.05) is 13.7 Å². The first kappa shape index (κ1) is 11.9. The summed E-state index contributed by atoms with van der Waals surface area (Å²) in [5, 5.41) is 0.565. The molecule has 0 fully saturated rings. The van der Waals surface area contributed by atoms with Crippen LogP contribution in [0.5, 0.6) is 0 Å². The lowest BCUT2D eigenvalue weighted by Gasteiger charge is -2.00. The smallest absolute Gasteiger partial charge is 0.170 e. The Morgan fingerprint density at radius 1 is 1.27 bits per heavy atom. The summed E-state index contributed by atoms with van der Waals surface area (Å²) in [6.07, 6.45) is -0.129. The summed E-state index contributed by atoms with van der Waals surface area (Å²) in [6.45, 7) is -0.0284. The van der Waals surface area contributed by atoms with E-state index < -0.39 is 0 Å². The molecule has 0 atom stereocenters. The lowest BCUT2D eigenvalue weighted by Crippen LogP contribution is -2.12. The minimum Gasteiger partial charge on any atom is -0.377 e. The number of carbonyl (C=O) groups excluding carboxylic acids is 2. The molecule has 0 aliphatic rings. The third kappa shape index (κ3) is 3.81. The summed E-state index contributed by atoms with van der Waals surface area (Å²) in [4.78, 5) is 22.6. The Labute approximate surface area is 93.0 Å². The van der Waals surface area contributed by atoms with E-state index >= 15 is 0 Å². The maximum Gasteiger partial charge on any atom is 0.170 e. The van der Waals surface area contributed by atoms with E-state index in [2.05, 4.69) is 4.74 Å². The first-order valence-corrected chi connectivity index (χ1v) is 4.80. The molecule has 0 spiro atoms. The lowest BCUT2D eigenvalue weighted by molar-refractivity contribution is -0.121. The number of hydrogen-bond donors (Lipinski definition) is 0. The third-order valence-corrected chi connectivity index (χ3v) is 2.08. The van der Waals surface area contributed by atoms with E-state index in [9.17, 15) is 9.59 Å². The van der Waals surface area contributed by atoms with Gasteiger partial charge in [0.15, 0.2) is 11.6 Å². The minimum absolute atomic E-state index is 0.0284. The van der Waals surface area contributed by atoms with E-state index in [1.807, 2.05) is 0 Å². The summed E-state index contributed by atoms with van der Waals surface area (Å²) in [6, 6.07) is 6.45. The molecule has 1 rings (SSSR count). The standard InChI is InChI=1S/C11H11ClO3/c1-15-7-10(13)6-11(14)8-2-4-9(12)5-3-8/h2-5H,6-7H2,1H3. The number of benzene rings is 1. The molecule has 0 aromatic heterocycles. The fourth-order valence-electron chi connectivity index (χ4n) is 1.13. The molecular formula is C11H11ClO3. The molecule has 0 heterocycles. The summed E-state index contributed by atoms with van der Waals surface area (Å²) >= 11 is 5.67. The van der Waals surface area contributed by atoms with Crippen LogP contribution in [0.15, 0.2) is 24.3 Å². The fraction of sp³-hybridized carbons (Fsp3) is 0.273. The van der Waals surface area contributed by atoms with E-state index in [4.69, 9.17) is 11.6 Å². The molecule has 0 unspecified atom stereocenters.